The Kier molecular flexibility index (Phi) is 5.60. The highest BCUT2D eigenvalue weighted by molar-refractivity contribution is 8.00. The summed E-state index contributed by atoms with van der Waals surface area (Å²) in [6.45, 7) is 1.68. The molecule has 1 saturated carbocycles. The number of H-pyrrole nitrogens is 1. The molecule has 0 bridgehead atoms. The molecule has 1 aliphatic rings. The number of hydrogen-bond acceptors (Lipinski definition) is 5. The third-order valence-corrected chi connectivity index (χ3v) is 4.63. The lowest BCUT2D eigenvalue weighted by Gasteiger charge is -2.07. The van der Waals surface area contributed by atoms with Crippen LogP contribution in [-0.2, 0) is 11.2 Å². The fraction of sp³-hybridized carbons (Fsp3) is 0.692. The van der Waals surface area contributed by atoms with Crippen LogP contribution in [0, 0.1) is 5.92 Å². The van der Waals surface area contributed by atoms with Gasteiger partial charge < -0.3 is 5.73 Å². The van der Waals surface area contributed by atoms with Crippen molar-refractivity contribution in [1.82, 2.24) is 20.5 Å². The number of aromatic amines is 1. The van der Waals surface area contributed by atoms with Gasteiger partial charge in [-0.2, -0.15) is 0 Å². The Bertz CT molecular complexity index is 499. The third-order valence-electron chi connectivity index (χ3n) is 3.67. The van der Waals surface area contributed by atoms with Crippen LogP contribution in [0.15, 0.2) is 5.16 Å². The number of nitrogens with one attached hydrogen (secondary N) is 2. The second-order valence-corrected chi connectivity index (χ2v) is 6.68. The van der Waals surface area contributed by atoms with Crippen molar-refractivity contribution in [1.29, 1.82) is 0 Å². The molecule has 7 nitrogen and oxygen atoms in total. The number of nitrogens with zero attached hydrogens (tertiary/aromatic N) is 2. The van der Waals surface area contributed by atoms with Crippen LogP contribution in [0.4, 0.5) is 4.79 Å². The number of imide groups is 1. The minimum Gasteiger partial charge on any atom is -0.351 e. The smallest absolute Gasteiger partial charge is 0.318 e. The van der Waals surface area contributed by atoms with E-state index in [4.69, 9.17) is 5.73 Å². The van der Waals surface area contributed by atoms with Crippen LogP contribution in [0.25, 0.3) is 0 Å². The summed E-state index contributed by atoms with van der Waals surface area (Å²) in [6.07, 6.45) is 7.35. The van der Waals surface area contributed by atoms with E-state index < -0.39 is 17.2 Å². The van der Waals surface area contributed by atoms with E-state index in [9.17, 15) is 9.59 Å². The summed E-state index contributed by atoms with van der Waals surface area (Å²) in [7, 11) is 0. The lowest BCUT2D eigenvalue weighted by atomic mass is 10.0. The number of carbonyl (C=O) groups excluding carboxylic acids is 2. The third kappa shape index (κ3) is 5.04. The fourth-order valence-electron chi connectivity index (χ4n) is 2.52. The van der Waals surface area contributed by atoms with Gasteiger partial charge in [0.15, 0.2) is 0 Å². The molecule has 116 valence electrons. The molecule has 0 aromatic carbocycles. The summed E-state index contributed by atoms with van der Waals surface area (Å²) >= 11 is 1.20. The number of rotatable bonds is 6. The maximum atomic E-state index is 11.6. The van der Waals surface area contributed by atoms with Gasteiger partial charge in [0.05, 0.1) is 5.25 Å². The van der Waals surface area contributed by atoms with Crippen LogP contribution in [0.5, 0.6) is 0 Å². The van der Waals surface area contributed by atoms with E-state index in [0.717, 1.165) is 24.6 Å². The van der Waals surface area contributed by atoms with Crippen LogP contribution in [0.2, 0.25) is 0 Å². The molecule has 1 aromatic heterocycles. The van der Waals surface area contributed by atoms with Gasteiger partial charge in [-0.15, -0.1) is 5.10 Å². The fourth-order valence-corrected chi connectivity index (χ4v) is 3.26. The zero-order valence-corrected chi connectivity index (χ0v) is 12.9. The molecule has 0 radical (unpaired) electrons. The Labute approximate surface area is 127 Å². The second kappa shape index (κ2) is 7.44. The summed E-state index contributed by atoms with van der Waals surface area (Å²) in [4.78, 5) is 26.6. The molecular formula is C13H21N5O2S. The summed E-state index contributed by atoms with van der Waals surface area (Å²) in [5, 5.41) is 9.09. The van der Waals surface area contributed by atoms with Gasteiger partial charge in [-0.3, -0.25) is 15.2 Å². The van der Waals surface area contributed by atoms with Gasteiger partial charge in [0.25, 0.3) is 0 Å². The minimum atomic E-state index is -0.848. The van der Waals surface area contributed by atoms with Crippen molar-refractivity contribution in [2.75, 3.05) is 0 Å². The van der Waals surface area contributed by atoms with E-state index >= 15 is 0 Å². The van der Waals surface area contributed by atoms with Gasteiger partial charge in [-0.25, -0.2) is 9.78 Å². The van der Waals surface area contributed by atoms with Gasteiger partial charge in [0.2, 0.25) is 11.1 Å². The van der Waals surface area contributed by atoms with E-state index in [2.05, 4.69) is 15.2 Å². The molecule has 2 rings (SSSR count). The number of primary amides is 1. The Morgan fingerprint density at radius 3 is 2.86 bits per heavy atom. The summed E-state index contributed by atoms with van der Waals surface area (Å²) in [5.41, 5.74) is 4.91. The number of thioether (sulfide) groups is 1. The maximum absolute atomic E-state index is 11.6. The number of hydrogen-bond donors (Lipinski definition) is 3. The van der Waals surface area contributed by atoms with E-state index in [0.29, 0.717) is 5.16 Å². The summed E-state index contributed by atoms with van der Waals surface area (Å²) < 4.78 is 0. The molecular weight excluding hydrogens is 290 g/mol. The second-order valence-electron chi connectivity index (χ2n) is 5.37. The minimum absolute atomic E-state index is 0.440. The lowest BCUT2D eigenvalue weighted by molar-refractivity contribution is -0.119. The average Bonchev–Trinajstić information content (AvgIpc) is 3.06. The van der Waals surface area contributed by atoms with Gasteiger partial charge >= 0.3 is 6.03 Å². The first-order chi connectivity index (χ1) is 10.0. The number of aromatic nitrogens is 3. The molecule has 1 atom stereocenters. The molecule has 1 heterocycles. The van der Waals surface area contributed by atoms with Crippen molar-refractivity contribution in [3.63, 3.8) is 0 Å². The normalized spacial score (nSPS) is 16.8. The van der Waals surface area contributed by atoms with E-state index in [1.807, 2.05) is 5.32 Å². The topological polar surface area (TPSA) is 114 Å². The molecule has 0 aliphatic heterocycles. The Morgan fingerprint density at radius 2 is 2.19 bits per heavy atom. The number of urea groups is 1. The molecule has 1 fully saturated rings. The first-order valence-corrected chi connectivity index (χ1v) is 8.11. The Morgan fingerprint density at radius 1 is 1.48 bits per heavy atom. The monoisotopic (exact) mass is 311 g/mol. The molecule has 8 heteroatoms. The van der Waals surface area contributed by atoms with Crippen molar-refractivity contribution in [3.05, 3.63) is 5.82 Å². The highest BCUT2D eigenvalue weighted by Gasteiger charge is 2.19. The Hall–Kier alpha value is -1.57. The summed E-state index contributed by atoms with van der Waals surface area (Å²) in [5.74, 6) is 1.23. The molecule has 0 saturated heterocycles. The number of amides is 3. The predicted octanol–water partition coefficient (Wildman–Crippen LogP) is 1.60. The molecule has 0 unspecified atom stereocenters. The molecule has 1 aliphatic carbocycles. The zero-order valence-electron chi connectivity index (χ0n) is 12.1. The zero-order chi connectivity index (χ0) is 15.2. The van der Waals surface area contributed by atoms with Gasteiger partial charge in [0, 0.05) is 6.42 Å². The Balaban J connectivity index is 1.79. The van der Waals surface area contributed by atoms with E-state index in [-0.39, 0.29) is 0 Å². The molecule has 3 amide bonds. The first kappa shape index (κ1) is 15.8. The van der Waals surface area contributed by atoms with Crippen LogP contribution in [0.3, 0.4) is 0 Å². The largest absolute Gasteiger partial charge is 0.351 e. The predicted molar refractivity (Wildman–Crippen MR) is 79.7 cm³/mol. The van der Waals surface area contributed by atoms with Crippen molar-refractivity contribution in [2.45, 2.75) is 55.9 Å². The molecule has 0 spiro atoms. The summed E-state index contributed by atoms with van der Waals surface area (Å²) in [6, 6.07) is -0.848. The average molecular weight is 311 g/mol. The van der Waals surface area contributed by atoms with Gasteiger partial charge in [0.1, 0.15) is 5.82 Å². The molecule has 1 aromatic rings. The maximum Gasteiger partial charge on any atom is 0.318 e. The number of carbonyl (C=O) groups is 2. The quantitative estimate of drug-likeness (QED) is 0.690. The standard InChI is InChI=1S/C13H21N5O2S/c1-8(11(19)16-12(14)20)21-13-15-10(17-18-13)7-6-9-4-2-3-5-9/h8-9H,2-7H2,1H3,(H,15,17,18)(H3,14,16,19,20)/t8-/m1/s1. The molecule has 21 heavy (non-hydrogen) atoms. The van der Waals surface area contributed by atoms with Gasteiger partial charge in [-0.05, 0) is 19.3 Å². The number of nitrogens with two attached hydrogens (primary N) is 1. The van der Waals surface area contributed by atoms with Crippen LogP contribution in [-0.4, -0.2) is 32.4 Å². The van der Waals surface area contributed by atoms with Crippen LogP contribution >= 0.6 is 11.8 Å². The SMILES string of the molecule is C[C@@H](Sc1n[nH]c(CCC2CCCC2)n1)C(=O)NC(N)=O. The van der Waals surface area contributed by atoms with Crippen molar-refractivity contribution < 1.29 is 9.59 Å². The number of aryl methyl sites for hydroxylation is 1. The molecule has 4 N–H and O–H groups in total. The van der Waals surface area contributed by atoms with E-state index in [1.54, 1.807) is 6.92 Å². The first-order valence-electron chi connectivity index (χ1n) is 7.23. The van der Waals surface area contributed by atoms with Gasteiger partial charge in [-0.1, -0.05) is 37.4 Å². The highest BCUT2D eigenvalue weighted by Crippen LogP contribution is 2.28. The highest BCUT2D eigenvalue weighted by atomic mass is 32.2. The van der Waals surface area contributed by atoms with E-state index in [1.165, 1.54) is 37.4 Å². The lowest BCUT2D eigenvalue weighted by Crippen LogP contribution is -2.39. The van der Waals surface area contributed by atoms with Crippen molar-refractivity contribution in [3.8, 4) is 0 Å². The van der Waals surface area contributed by atoms with Crippen molar-refractivity contribution >= 4 is 23.7 Å². The van der Waals surface area contributed by atoms with Crippen LogP contribution < -0.4 is 11.1 Å². The van der Waals surface area contributed by atoms with Crippen LogP contribution in [0.1, 0.15) is 44.9 Å². The van der Waals surface area contributed by atoms with Crippen molar-refractivity contribution in [2.24, 2.45) is 11.7 Å².